The number of anilines is 1. The Morgan fingerprint density at radius 1 is 1.30 bits per heavy atom. The largest absolute Gasteiger partial charge is 1.00 e. The van der Waals surface area contributed by atoms with Crippen LogP contribution in [-0.4, -0.2) is 42.6 Å². The number of rotatable bonds is 2. The van der Waals surface area contributed by atoms with E-state index < -0.39 is 0 Å². The van der Waals surface area contributed by atoms with Gasteiger partial charge < -0.3 is 15.1 Å². The number of benzene rings is 1. The van der Waals surface area contributed by atoms with Crippen molar-refractivity contribution in [3.63, 3.8) is 0 Å². The molecule has 3 rings (SSSR count). The van der Waals surface area contributed by atoms with Gasteiger partial charge in [-0.05, 0) is 19.4 Å². The van der Waals surface area contributed by atoms with Gasteiger partial charge in [0.2, 0.25) is 0 Å². The van der Waals surface area contributed by atoms with Crippen LogP contribution in [0, 0.1) is 6.07 Å². The second kappa shape index (κ2) is 6.90. The number of nitrogens with one attached hydrogen (secondary N) is 1. The summed E-state index contributed by atoms with van der Waals surface area (Å²) in [6.45, 7) is 6.23. The summed E-state index contributed by atoms with van der Waals surface area (Å²) in [6, 6.07) is 10.6. The van der Waals surface area contributed by atoms with Crippen LogP contribution in [0.4, 0.5) is 10.5 Å². The average molecular weight is 297 g/mol. The standard InChI is InChI=1S/C15H20N3O.K/c1-2-17-10-8-15(9-11-17)12-18(14(19)16-15)13-6-4-3-5-7-13;/h4-7H,2,8-12H2,1H3,(H,16,19);/q-1;+1. The van der Waals surface area contributed by atoms with Gasteiger partial charge in [0.1, 0.15) is 0 Å². The first kappa shape index (κ1) is 16.5. The average Bonchev–Trinajstić information content (AvgIpc) is 2.77. The van der Waals surface area contributed by atoms with Crippen molar-refractivity contribution in [3.05, 3.63) is 30.3 Å². The van der Waals surface area contributed by atoms with Crippen LogP contribution >= 0.6 is 0 Å². The fraction of sp³-hybridized carbons (Fsp3) is 0.533. The molecule has 2 aliphatic rings. The number of hydrogen-bond acceptors (Lipinski definition) is 2. The maximum absolute atomic E-state index is 12.2. The number of amides is 2. The van der Waals surface area contributed by atoms with E-state index in [9.17, 15) is 4.79 Å². The van der Waals surface area contributed by atoms with Gasteiger partial charge in [0.15, 0.2) is 0 Å². The van der Waals surface area contributed by atoms with Gasteiger partial charge in [-0.2, -0.15) is 18.2 Å². The maximum atomic E-state index is 12.2. The Kier molecular flexibility index (Phi) is 5.68. The molecule has 0 radical (unpaired) electrons. The second-order valence-electron chi connectivity index (χ2n) is 5.49. The van der Waals surface area contributed by atoms with Crippen molar-refractivity contribution < 1.29 is 56.2 Å². The molecule has 4 nitrogen and oxygen atoms in total. The minimum absolute atomic E-state index is 0. The second-order valence-corrected chi connectivity index (χ2v) is 5.49. The zero-order chi connectivity index (χ0) is 13.3. The summed E-state index contributed by atoms with van der Waals surface area (Å²) in [5, 5.41) is 3.21. The van der Waals surface area contributed by atoms with Gasteiger partial charge in [0, 0.05) is 19.6 Å². The molecular weight excluding hydrogens is 277 g/mol. The van der Waals surface area contributed by atoms with E-state index in [0.717, 1.165) is 44.7 Å². The third kappa shape index (κ3) is 3.29. The predicted octanol–water partition coefficient (Wildman–Crippen LogP) is -1.13. The monoisotopic (exact) mass is 297 g/mol. The number of piperidine rings is 1. The summed E-state index contributed by atoms with van der Waals surface area (Å²) < 4.78 is 0. The molecular formula is C15H20KN3O. The molecule has 5 heteroatoms. The van der Waals surface area contributed by atoms with Gasteiger partial charge in [-0.3, -0.25) is 0 Å². The first-order valence-electron chi connectivity index (χ1n) is 7.01. The van der Waals surface area contributed by atoms with E-state index in [-0.39, 0.29) is 63.0 Å². The van der Waals surface area contributed by atoms with Crippen LogP contribution in [0.25, 0.3) is 0 Å². The van der Waals surface area contributed by atoms with E-state index in [4.69, 9.17) is 0 Å². The van der Waals surface area contributed by atoms with Crippen molar-refractivity contribution in [1.29, 1.82) is 0 Å². The van der Waals surface area contributed by atoms with Crippen LogP contribution in [0.5, 0.6) is 0 Å². The molecule has 0 unspecified atom stereocenters. The van der Waals surface area contributed by atoms with Crippen LogP contribution in [0.1, 0.15) is 19.8 Å². The van der Waals surface area contributed by atoms with E-state index in [1.165, 1.54) is 0 Å². The van der Waals surface area contributed by atoms with Gasteiger partial charge in [-0.25, -0.2) is 4.79 Å². The molecule has 2 saturated heterocycles. The van der Waals surface area contributed by atoms with Crippen molar-refractivity contribution in [3.8, 4) is 0 Å². The summed E-state index contributed by atoms with van der Waals surface area (Å²) in [4.78, 5) is 16.5. The summed E-state index contributed by atoms with van der Waals surface area (Å²) in [5.74, 6) is 0. The van der Waals surface area contributed by atoms with Crippen molar-refractivity contribution in [2.45, 2.75) is 25.3 Å². The quantitative estimate of drug-likeness (QED) is 0.554. The number of urea groups is 1. The molecule has 2 fully saturated rings. The van der Waals surface area contributed by atoms with Crippen molar-refractivity contribution in [2.24, 2.45) is 0 Å². The van der Waals surface area contributed by atoms with Crippen LogP contribution in [-0.2, 0) is 0 Å². The maximum Gasteiger partial charge on any atom is 1.00 e. The third-order valence-corrected chi connectivity index (χ3v) is 4.35. The Morgan fingerprint density at radius 2 is 1.95 bits per heavy atom. The molecule has 0 aliphatic carbocycles. The van der Waals surface area contributed by atoms with Crippen molar-refractivity contribution >= 4 is 11.7 Å². The molecule has 0 bridgehead atoms. The summed E-state index contributed by atoms with van der Waals surface area (Å²) in [6.07, 6.45) is 2.09. The Labute approximate surface area is 163 Å². The predicted molar refractivity (Wildman–Crippen MR) is 75.2 cm³/mol. The number of carbonyl (C=O) groups excluding carboxylic acids is 1. The Balaban J connectivity index is 0.00000147. The fourth-order valence-corrected chi connectivity index (χ4v) is 3.06. The minimum Gasteiger partial charge on any atom is -0.330 e. The topological polar surface area (TPSA) is 35.6 Å². The van der Waals surface area contributed by atoms with Crippen LogP contribution in [0.15, 0.2) is 24.3 Å². The zero-order valence-electron chi connectivity index (χ0n) is 12.4. The van der Waals surface area contributed by atoms with E-state index in [2.05, 4.69) is 23.2 Å². The van der Waals surface area contributed by atoms with Crippen LogP contribution in [0.3, 0.4) is 0 Å². The molecule has 2 amide bonds. The smallest absolute Gasteiger partial charge is 0.330 e. The summed E-state index contributed by atoms with van der Waals surface area (Å²) >= 11 is 0. The van der Waals surface area contributed by atoms with Gasteiger partial charge in [-0.1, -0.05) is 12.6 Å². The summed E-state index contributed by atoms with van der Waals surface area (Å²) in [7, 11) is 0. The molecule has 2 heterocycles. The van der Waals surface area contributed by atoms with Crippen LogP contribution in [0.2, 0.25) is 0 Å². The van der Waals surface area contributed by atoms with E-state index in [1.807, 2.05) is 29.2 Å². The van der Waals surface area contributed by atoms with E-state index in [0.29, 0.717) is 0 Å². The molecule has 1 aromatic carbocycles. The number of likely N-dealkylation sites (tertiary alicyclic amines) is 1. The Bertz CT molecular complexity index is 457. The minimum atomic E-state index is -0.0255. The van der Waals surface area contributed by atoms with Crippen molar-refractivity contribution in [2.75, 3.05) is 31.1 Å². The molecule has 20 heavy (non-hydrogen) atoms. The van der Waals surface area contributed by atoms with E-state index >= 15 is 0 Å². The number of carbonyl (C=O) groups is 1. The number of hydrogen-bond donors (Lipinski definition) is 1. The molecule has 0 atom stereocenters. The van der Waals surface area contributed by atoms with E-state index in [1.54, 1.807) is 0 Å². The van der Waals surface area contributed by atoms with Gasteiger partial charge in [0.05, 0.1) is 5.54 Å². The molecule has 0 saturated carbocycles. The molecule has 102 valence electrons. The molecule has 1 aromatic rings. The SMILES string of the molecule is CCN1CCC2(CC1)CN(c1cc[c-]cc1)C(=O)N2.[K+]. The van der Waals surface area contributed by atoms with Gasteiger partial charge >= 0.3 is 57.4 Å². The fourth-order valence-electron chi connectivity index (χ4n) is 3.06. The molecule has 1 N–H and O–H groups in total. The zero-order valence-corrected chi connectivity index (χ0v) is 15.5. The Morgan fingerprint density at radius 3 is 2.55 bits per heavy atom. The first-order chi connectivity index (χ1) is 9.22. The first-order valence-corrected chi connectivity index (χ1v) is 7.01. The summed E-state index contributed by atoms with van der Waals surface area (Å²) in [5.41, 5.74) is 0.938. The third-order valence-electron chi connectivity index (χ3n) is 4.35. The number of nitrogens with zero attached hydrogens (tertiary/aromatic N) is 2. The molecule has 0 aromatic heterocycles. The Hall–Kier alpha value is 0.0864. The normalized spacial score (nSPS) is 21.6. The van der Waals surface area contributed by atoms with Crippen molar-refractivity contribution in [1.82, 2.24) is 10.2 Å². The molecule has 1 spiro atoms. The van der Waals surface area contributed by atoms with Gasteiger partial charge in [-0.15, -0.1) is 12.1 Å². The van der Waals surface area contributed by atoms with Crippen LogP contribution < -0.4 is 61.6 Å². The van der Waals surface area contributed by atoms with Gasteiger partial charge in [0.25, 0.3) is 0 Å². The molecule has 2 aliphatic heterocycles.